The molecule has 0 fully saturated rings. The molecule has 0 saturated carbocycles. The van der Waals surface area contributed by atoms with E-state index in [0.29, 0.717) is 4.90 Å². The van der Waals surface area contributed by atoms with Crippen LogP contribution in [0, 0.1) is 0 Å². The van der Waals surface area contributed by atoms with Crippen molar-refractivity contribution in [2.75, 3.05) is 0 Å². The van der Waals surface area contributed by atoms with E-state index in [1.807, 2.05) is 0 Å². The van der Waals surface area contributed by atoms with Crippen molar-refractivity contribution in [2.24, 2.45) is 0 Å². The fraction of sp³-hybridized carbons (Fsp3) is 0.111. The van der Waals surface area contributed by atoms with Gasteiger partial charge in [-0.25, -0.2) is 0 Å². The Bertz CT molecular complexity index is 414. The average molecular weight is 241 g/mol. The monoisotopic (exact) mass is 240 g/mol. The van der Waals surface area contributed by atoms with E-state index in [0.717, 1.165) is 12.1 Å². The van der Waals surface area contributed by atoms with Crippen LogP contribution in [0.4, 0.5) is 13.2 Å². The highest BCUT2D eigenvalue weighted by Crippen LogP contribution is 2.38. The molecule has 0 unspecified atom stereocenters. The molecule has 0 aliphatic carbocycles. The van der Waals surface area contributed by atoms with Crippen molar-refractivity contribution in [3.63, 3.8) is 0 Å². The van der Waals surface area contributed by atoms with E-state index in [9.17, 15) is 13.2 Å². The van der Waals surface area contributed by atoms with Gasteiger partial charge in [0.2, 0.25) is 0 Å². The Morgan fingerprint density at radius 1 is 1.07 bits per heavy atom. The van der Waals surface area contributed by atoms with Gasteiger partial charge in [0, 0.05) is 4.90 Å². The standard InChI is InChI=1S/C9H8ClF3S/c1-14(2,10)8-5-3-7(4-6-8)9(11,12)13/h3-6H,1-2H2. The molecule has 0 N–H and O–H groups in total. The van der Waals surface area contributed by atoms with Crippen molar-refractivity contribution in [2.45, 2.75) is 11.1 Å². The summed E-state index contributed by atoms with van der Waals surface area (Å²) in [5.41, 5.74) is -0.693. The summed E-state index contributed by atoms with van der Waals surface area (Å²) >= 11 is 0. The summed E-state index contributed by atoms with van der Waals surface area (Å²) in [5, 5.41) is 0. The van der Waals surface area contributed by atoms with Crippen LogP contribution in [0.3, 0.4) is 0 Å². The largest absolute Gasteiger partial charge is 0.416 e. The summed E-state index contributed by atoms with van der Waals surface area (Å²) in [5.74, 6) is 7.18. The first-order valence-corrected chi connectivity index (χ1v) is 6.37. The van der Waals surface area contributed by atoms with Crippen LogP contribution in [-0.4, -0.2) is 11.7 Å². The van der Waals surface area contributed by atoms with E-state index in [1.165, 1.54) is 12.1 Å². The lowest BCUT2D eigenvalue weighted by Crippen LogP contribution is -2.03. The first-order chi connectivity index (χ1) is 6.21. The van der Waals surface area contributed by atoms with Crippen LogP contribution in [0.5, 0.6) is 0 Å². The Morgan fingerprint density at radius 2 is 1.50 bits per heavy atom. The molecule has 0 saturated heterocycles. The molecule has 0 spiro atoms. The van der Waals surface area contributed by atoms with Crippen LogP contribution in [0.1, 0.15) is 5.56 Å². The zero-order valence-electron chi connectivity index (χ0n) is 7.14. The molecule has 1 aromatic carbocycles. The molecule has 14 heavy (non-hydrogen) atoms. The van der Waals surface area contributed by atoms with Gasteiger partial charge >= 0.3 is 6.18 Å². The highest BCUT2D eigenvalue weighted by molar-refractivity contribution is 8.45. The average Bonchev–Trinajstić information content (AvgIpc) is 2.01. The molecule has 0 bridgehead atoms. The van der Waals surface area contributed by atoms with Crippen molar-refractivity contribution < 1.29 is 13.2 Å². The van der Waals surface area contributed by atoms with Gasteiger partial charge in [0.1, 0.15) is 0 Å². The Hall–Kier alpha value is -0.610. The molecule has 78 valence electrons. The molecule has 0 heterocycles. The number of hydrogen-bond donors (Lipinski definition) is 0. The molecular formula is C9H8ClF3S. The molecule has 0 aliphatic rings. The Labute approximate surface area is 85.3 Å². The SMILES string of the molecule is C=S(=C)(Cl)c1ccc(C(F)(F)F)cc1. The second-order valence-electron chi connectivity index (χ2n) is 2.81. The van der Waals surface area contributed by atoms with Crippen LogP contribution >= 0.6 is 19.1 Å². The van der Waals surface area contributed by atoms with Crippen molar-refractivity contribution in [3.05, 3.63) is 29.8 Å². The van der Waals surface area contributed by atoms with E-state index in [4.69, 9.17) is 10.7 Å². The van der Waals surface area contributed by atoms with E-state index in [1.54, 1.807) is 0 Å². The molecule has 0 amide bonds. The summed E-state index contributed by atoms with van der Waals surface area (Å²) in [6, 6.07) is 4.59. The third-order valence-corrected chi connectivity index (χ3v) is 3.26. The molecule has 0 aromatic heterocycles. The molecule has 0 nitrogen and oxygen atoms in total. The van der Waals surface area contributed by atoms with E-state index in [-0.39, 0.29) is 0 Å². The second-order valence-corrected chi connectivity index (χ2v) is 6.63. The minimum Gasteiger partial charge on any atom is -0.166 e. The van der Waals surface area contributed by atoms with Crippen LogP contribution in [0.15, 0.2) is 29.2 Å². The highest BCUT2D eigenvalue weighted by Gasteiger charge is 2.29. The van der Waals surface area contributed by atoms with Crippen LogP contribution in [0.25, 0.3) is 0 Å². The lowest BCUT2D eigenvalue weighted by molar-refractivity contribution is -0.137. The Kier molecular flexibility index (Phi) is 2.88. The highest BCUT2D eigenvalue weighted by atomic mass is 35.7. The lowest BCUT2D eigenvalue weighted by atomic mass is 10.2. The van der Waals surface area contributed by atoms with E-state index < -0.39 is 20.2 Å². The molecule has 1 aromatic rings. The summed E-state index contributed by atoms with van der Waals surface area (Å²) < 4.78 is 36.5. The van der Waals surface area contributed by atoms with Crippen LogP contribution in [0.2, 0.25) is 0 Å². The normalized spacial score (nSPS) is 12.9. The van der Waals surface area contributed by atoms with Gasteiger partial charge < -0.3 is 0 Å². The molecule has 1 rings (SSSR count). The maximum atomic E-state index is 12.2. The maximum absolute atomic E-state index is 12.2. The fourth-order valence-corrected chi connectivity index (χ4v) is 1.82. The Balaban J connectivity index is 3.14. The maximum Gasteiger partial charge on any atom is 0.416 e. The second kappa shape index (κ2) is 3.51. The van der Waals surface area contributed by atoms with Gasteiger partial charge in [-0.3, -0.25) is 0 Å². The van der Waals surface area contributed by atoms with Crippen molar-refractivity contribution in [3.8, 4) is 0 Å². The minimum absolute atomic E-state index is 0.534. The summed E-state index contributed by atoms with van der Waals surface area (Å²) in [4.78, 5) is 0.534. The summed E-state index contributed by atoms with van der Waals surface area (Å²) in [6.45, 7) is 0. The van der Waals surface area contributed by atoms with Crippen molar-refractivity contribution in [1.29, 1.82) is 0 Å². The van der Waals surface area contributed by atoms with Gasteiger partial charge in [0.25, 0.3) is 0 Å². The molecule has 0 atom stereocenters. The molecule has 0 radical (unpaired) electrons. The summed E-state index contributed by atoms with van der Waals surface area (Å²) in [7, 11) is 3.84. The zero-order valence-corrected chi connectivity index (χ0v) is 8.72. The van der Waals surface area contributed by atoms with Gasteiger partial charge in [-0.15, -0.1) is 8.42 Å². The number of benzene rings is 1. The summed E-state index contributed by atoms with van der Waals surface area (Å²) in [6.07, 6.45) is -4.31. The van der Waals surface area contributed by atoms with Crippen LogP contribution < -0.4 is 0 Å². The van der Waals surface area contributed by atoms with Gasteiger partial charge in [-0.2, -0.15) is 13.2 Å². The zero-order chi connectivity index (χ0) is 11.0. The van der Waals surface area contributed by atoms with Gasteiger partial charge in [0.15, 0.2) is 0 Å². The first-order valence-electron chi connectivity index (χ1n) is 3.57. The number of halogens is 4. The van der Waals surface area contributed by atoms with Gasteiger partial charge in [0.05, 0.1) is 5.56 Å². The fourth-order valence-electron chi connectivity index (χ4n) is 0.888. The topological polar surface area (TPSA) is 0 Å². The van der Waals surface area contributed by atoms with E-state index >= 15 is 0 Å². The predicted molar refractivity (Wildman–Crippen MR) is 57.4 cm³/mol. The number of hydrogen-bond acceptors (Lipinski definition) is 0. The van der Waals surface area contributed by atoms with Crippen LogP contribution in [-0.2, 0) is 6.18 Å². The van der Waals surface area contributed by atoms with Gasteiger partial charge in [-0.1, -0.05) is 22.4 Å². The molecule has 5 heteroatoms. The smallest absolute Gasteiger partial charge is 0.166 e. The van der Waals surface area contributed by atoms with Crippen molar-refractivity contribution in [1.82, 2.24) is 0 Å². The van der Waals surface area contributed by atoms with Crippen molar-refractivity contribution >= 4 is 30.8 Å². The van der Waals surface area contributed by atoms with Gasteiger partial charge in [-0.05, 0) is 24.3 Å². The predicted octanol–water partition coefficient (Wildman–Crippen LogP) is 3.89. The molecule has 0 aliphatic heterocycles. The number of alkyl halides is 3. The third kappa shape index (κ3) is 2.69. The lowest BCUT2D eigenvalue weighted by Gasteiger charge is -2.09. The first kappa shape index (κ1) is 11.5. The third-order valence-electron chi connectivity index (χ3n) is 1.60. The molecular weight excluding hydrogens is 233 g/mol. The number of rotatable bonds is 1. The Morgan fingerprint density at radius 3 is 1.79 bits per heavy atom. The minimum atomic E-state index is -4.31. The quantitative estimate of drug-likeness (QED) is 0.654. The van der Waals surface area contributed by atoms with E-state index in [2.05, 4.69) is 11.7 Å².